The molecule has 2 heterocycles. The smallest absolute Gasteiger partial charge is 0.415 e. The zero-order chi connectivity index (χ0) is 29.4. The summed E-state index contributed by atoms with van der Waals surface area (Å²) in [6.45, 7) is 9.70. The van der Waals surface area contributed by atoms with E-state index in [1.54, 1.807) is 6.92 Å². The number of ether oxygens (including phenoxy) is 1. The van der Waals surface area contributed by atoms with Crippen LogP contribution in [-0.2, 0) is 15.1 Å². The average molecular weight is 609 g/mol. The zero-order valence-corrected chi connectivity index (χ0v) is 25.4. The fraction of sp³-hybridized carbons (Fsp3) is 0.444. The molecule has 2 aromatic rings. The second-order valence-corrected chi connectivity index (χ2v) is 18.5. The molecule has 2 aliphatic rings. The molecule has 1 aromatic carbocycles. The average Bonchev–Trinajstić information content (AvgIpc) is 3.64. The molecule has 1 N–H and O–H groups in total. The Morgan fingerprint density at radius 1 is 1.32 bits per heavy atom. The molecule has 0 saturated heterocycles. The number of benzene rings is 1. The normalized spacial score (nSPS) is 23.2. The molecule has 0 bridgehead atoms. The highest BCUT2D eigenvalue weighted by Gasteiger charge is 2.57. The molecule has 1 aliphatic heterocycles. The van der Waals surface area contributed by atoms with Crippen LogP contribution in [0.1, 0.15) is 37.1 Å². The third kappa shape index (κ3) is 6.79. The van der Waals surface area contributed by atoms with Crippen LogP contribution in [0.4, 0.5) is 13.6 Å². The molecule has 1 saturated carbocycles. The van der Waals surface area contributed by atoms with E-state index >= 15 is 4.39 Å². The SMILES string of the molecule is CC(=O)C(OCC[Si](C)(C)C)N(C(=O)O)C1=NC(C)(c2cc(/C=C(\F)c3cnc(Cl)cn3)ccc2F)C2CC2S1. The molecule has 1 aliphatic carbocycles. The number of halogens is 3. The number of carbonyl (C=O) groups excluding carboxylic acids is 1. The number of aromatic nitrogens is 2. The van der Waals surface area contributed by atoms with Crippen molar-refractivity contribution in [3.05, 3.63) is 58.4 Å². The summed E-state index contributed by atoms with van der Waals surface area (Å²) in [5.74, 6) is -1.78. The molecule has 4 unspecified atom stereocenters. The van der Waals surface area contributed by atoms with E-state index < -0.39 is 43.4 Å². The van der Waals surface area contributed by atoms with Crippen molar-refractivity contribution in [1.29, 1.82) is 0 Å². The molecule has 1 amide bonds. The number of hydrogen-bond donors (Lipinski definition) is 1. The lowest BCUT2D eigenvalue weighted by Crippen LogP contribution is -2.50. The lowest BCUT2D eigenvalue weighted by atomic mass is 9.86. The van der Waals surface area contributed by atoms with Gasteiger partial charge < -0.3 is 9.84 Å². The van der Waals surface area contributed by atoms with Crippen molar-refractivity contribution in [2.24, 2.45) is 10.9 Å². The molecular formula is C27H31ClF2N4O4SSi. The van der Waals surface area contributed by atoms with Gasteiger partial charge in [-0.25, -0.2) is 28.4 Å². The van der Waals surface area contributed by atoms with Gasteiger partial charge in [0.25, 0.3) is 0 Å². The first-order valence-electron chi connectivity index (χ1n) is 12.8. The first-order valence-corrected chi connectivity index (χ1v) is 17.7. The van der Waals surface area contributed by atoms with Gasteiger partial charge in [-0.05, 0) is 50.1 Å². The Labute approximate surface area is 241 Å². The second kappa shape index (κ2) is 11.7. The van der Waals surface area contributed by atoms with Gasteiger partial charge in [0, 0.05) is 31.4 Å². The summed E-state index contributed by atoms with van der Waals surface area (Å²) in [4.78, 5) is 38.3. The largest absolute Gasteiger partial charge is 0.465 e. The van der Waals surface area contributed by atoms with Crippen LogP contribution in [0.3, 0.4) is 0 Å². The topological polar surface area (TPSA) is 105 Å². The summed E-state index contributed by atoms with van der Waals surface area (Å²) in [5.41, 5.74) is -0.612. The Bertz CT molecular complexity index is 1370. The number of thioether (sulfide) groups is 1. The molecule has 8 nitrogen and oxygen atoms in total. The maximum atomic E-state index is 15.3. The molecule has 13 heteroatoms. The molecule has 1 aromatic heterocycles. The molecule has 0 radical (unpaired) electrons. The number of ketones is 1. The van der Waals surface area contributed by atoms with Crippen molar-refractivity contribution in [1.82, 2.24) is 14.9 Å². The van der Waals surface area contributed by atoms with Crippen LogP contribution in [0.25, 0.3) is 11.9 Å². The molecular weight excluding hydrogens is 578 g/mol. The highest BCUT2D eigenvalue weighted by atomic mass is 35.5. The van der Waals surface area contributed by atoms with E-state index in [-0.39, 0.29) is 39.4 Å². The van der Waals surface area contributed by atoms with Crippen LogP contribution in [0.15, 0.2) is 35.6 Å². The third-order valence-corrected chi connectivity index (χ3v) is 10.1. The number of fused-ring (bicyclic) bond motifs is 1. The lowest BCUT2D eigenvalue weighted by Gasteiger charge is -2.35. The van der Waals surface area contributed by atoms with E-state index in [4.69, 9.17) is 21.3 Å². The van der Waals surface area contributed by atoms with Crippen molar-refractivity contribution in [3.8, 4) is 0 Å². The second-order valence-electron chi connectivity index (χ2n) is 11.3. The Morgan fingerprint density at radius 2 is 2.05 bits per heavy atom. The Hall–Kier alpha value is -2.67. The van der Waals surface area contributed by atoms with Crippen LogP contribution in [0.2, 0.25) is 30.8 Å². The van der Waals surface area contributed by atoms with Crippen molar-refractivity contribution in [3.63, 3.8) is 0 Å². The minimum Gasteiger partial charge on any atom is -0.465 e. The number of nitrogens with zero attached hydrogens (tertiary/aromatic N) is 4. The van der Waals surface area contributed by atoms with Gasteiger partial charge in [-0.3, -0.25) is 9.79 Å². The molecule has 4 rings (SSSR count). The summed E-state index contributed by atoms with van der Waals surface area (Å²) in [5, 5.41) is 10.3. The van der Waals surface area contributed by atoms with Crippen LogP contribution in [0.5, 0.6) is 0 Å². The quantitative estimate of drug-likeness (QED) is 0.250. The van der Waals surface area contributed by atoms with E-state index in [9.17, 15) is 19.1 Å². The van der Waals surface area contributed by atoms with Gasteiger partial charge in [0.05, 0.1) is 17.9 Å². The predicted molar refractivity (Wildman–Crippen MR) is 155 cm³/mol. The number of aliphatic imine (C=N–C) groups is 1. The van der Waals surface area contributed by atoms with Gasteiger partial charge in [-0.15, -0.1) is 0 Å². The summed E-state index contributed by atoms with van der Waals surface area (Å²) >= 11 is 6.98. The van der Waals surface area contributed by atoms with Crippen molar-refractivity contribution in [2.45, 2.75) is 63.0 Å². The Morgan fingerprint density at radius 3 is 2.65 bits per heavy atom. The Kier molecular flexibility index (Phi) is 8.84. The van der Waals surface area contributed by atoms with Gasteiger partial charge >= 0.3 is 6.09 Å². The zero-order valence-electron chi connectivity index (χ0n) is 22.8. The minimum absolute atomic E-state index is 0.0198. The first kappa shape index (κ1) is 30.3. The lowest BCUT2D eigenvalue weighted by molar-refractivity contribution is -0.135. The number of Topliss-reactive ketones (excluding diaryl/α,β-unsaturated/α-hetero) is 1. The van der Waals surface area contributed by atoms with Crippen molar-refractivity contribution < 1.29 is 28.2 Å². The fourth-order valence-electron chi connectivity index (χ4n) is 4.52. The predicted octanol–water partition coefficient (Wildman–Crippen LogP) is 6.69. The molecule has 0 spiro atoms. The summed E-state index contributed by atoms with van der Waals surface area (Å²) in [7, 11) is -1.50. The van der Waals surface area contributed by atoms with Gasteiger partial charge in [-0.1, -0.05) is 49.1 Å². The summed E-state index contributed by atoms with van der Waals surface area (Å²) in [6.07, 6.45) is 1.55. The third-order valence-electron chi connectivity index (χ3n) is 6.85. The standard InChI is InChI=1S/C27H31ClF2N4O4SSi/c1-15(35)24(38-8-9-40(3,4)5)34(26(36)37)25-33-27(2,18-12-22(18)39-25)17-10-16(6-7-19(17)29)11-20(30)21-13-32-23(28)14-31-21/h6-7,10-11,13-14,18,22,24H,8-9,12H2,1-5H3,(H,36,37)/b20-11-. The van der Waals surface area contributed by atoms with E-state index in [1.807, 2.05) is 0 Å². The number of amidine groups is 1. The van der Waals surface area contributed by atoms with Gasteiger partial charge in [0.15, 0.2) is 16.8 Å². The van der Waals surface area contributed by atoms with Crippen LogP contribution in [-0.4, -0.2) is 63.2 Å². The molecule has 40 heavy (non-hydrogen) atoms. The van der Waals surface area contributed by atoms with Gasteiger partial charge in [0.2, 0.25) is 6.23 Å². The minimum atomic E-state index is -1.50. The van der Waals surface area contributed by atoms with Crippen molar-refractivity contribution in [2.75, 3.05) is 6.61 Å². The fourth-order valence-corrected chi connectivity index (χ4v) is 6.88. The van der Waals surface area contributed by atoms with E-state index in [0.29, 0.717) is 12.0 Å². The number of carboxylic acid groups (broad SMARTS) is 1. The monoisotopic (exact) mass is 608 g/mol. The van der Waals surface area contributed by atoms with E-state index in [1.165, 1.54) is 55.4 Å². The summed E-state index contributed by atoms with van der Waals surface area (Å²) in [6, 6.07) is 4.91. The molecule has 4 atom stereocenters. The Balaban J connectivity index is 1.70. The van der Waals surface area contributed by atoms with Crippen LogP contribution >= 0.6 is 23.4 Å². The highest BCUT2D eigenvalue weighted by Crippen LogP contribution is 2.58. The number of carbonyl (C=O) groups is 2. The maximum Gasteiger partial charge on any atom is 0.415 e. The van der Waals surface area contributed by atoms with Gasteiger partial charge in [0.1, 0.15) is 16.7 Å². The number of rotatable bonds is 9. The molecule has 1 fully saturated rings. The number of hydrogen-bond acceptors (Lipinski definition) is 7. The van der Waals surface area contributed by atoms with Crippen molar-refractivity contribution >= 4 is 60.4 Å². The molecule has 214 valence electrons. The van der Waals surface area contributed by atoms with E-state index in [0.717, 1.165) is 10.9 Å². The first-order chi connectivity index (χ1) is 18.7. The van der Waals surface area contributed by atoms with Crippen LogP contribution in [0, 0.1) is 11.7 Å². The number of amides is 1. The maximum absolute atomic E-state index is 15.3. The van der Waals surface area contributed by atoms with Crippen LogP contribution < -0.4 is 0 Å². The van der Waals surface area contributed by atoms with E-state index in [2.05, 4.69) is 29.6 Å². The van der Waals surface area contributed by atoms with Gasteiger partial charge in [-0.2, -0.15) is 0 Å². The highest BCUT2D eigenvalue weighted by molar-refractivity contribution is 8.14. The summed E-state index contributed by atoms with van der Waals surface area (Å²) < 4.78 is 36.0.